The van der Waals surface area contributed by atoms with Crippen molar-refractivity contribution in [1.29, 1.82) is 0 Å². The largest absolute Gasteiger partial charge is 0.330 e. The summed E-state index contributed by atoms with van der Waals surface area (Å²) in [5.74, 6) is 1.59. The van der Waals surface area contributed by atoms with Crippen LogP contribution in [-0.4, -0.2) is 30.6 Å². The Morgan fingerprint density at radius 3 is 2.47 bits per heavy atom. The Morgan fingerprint density at radius 1 is 1.24 bits per heavy atom. The molecule has 4 unspecified atom stereocenters. The van der Waals surface area contributed by atoms with Gasteiger partial charge in [-0.05, 0) is 51.1 Å². The molecule has 1 aliphatic rings. The predicted octanol–water partition coefficient (Wildman–Crippen LogP) is 3.26. The van der Waals surface area contributed by atoms with Crippen LogP contribution in [0, 0.1) is 11.8 Å². The van der Waals surface area contributed by atoms with Crippen molar-refractivity contribution in [3.63, 3.8) is 0 Å². The van der Waals surface area contributed by atoms with E-state index in [1.807, 2.05) is 0 Å². The summed E-state index contributed by atoms with van der Waals surface area (Å²) in [5.41, 5.74) is 5.90. The van der Waals surface area contributed by atoms with E-state index in [2.05, 4.69) is 32.7 Å². The van der Waals surface area contributed by atoms with Crippen LogP contribution in [0.25, 0.3) is 0 Å². The normalized spacial score (nSPS) is 28.6. The Balaban J connectivity index is 2.55. The van der Waals surface area contributed by atoms with E-state index < -0.39 is 0 Å². The van der Waals surface area contributed by atoms with Crippen LogP contribution in [-0.2, 0) is 0 Å². The first-order valence-corrected chi connectivity index (χ1v) is 7.55. The Bertz CT molecular complexity index is 205. The molecule has 0 aliphatic heterocycles. The van der Waals surface area contributed by atoms with Crippen molar-refractivity contribution in [2.45, 2.75) is 71.4 Å². The third kappa shape index (κ3) is 3.96. The van der Waals surface area contributed by atoms with Crippen molar-refractivity contribution in [3.05, 3.63) is 0 Å². The van der Waals surface area contributed by atoms with Crippen molar-refractivity contribution >= 4 is 0 Å². The molecule has 0 aromatic rings. The lowest BCUT2D eigenvalue weighted by atomic mass is 9.94. The van der Waals surface area contributed by atoms with E-state index in [-0.39, 0.29) is 0 Å². The van der Waals surface area contributed by atoms with Crippen molar-refractivity contribution in [2.24, 2.45) is 17.6 Å². The maximum absolute atomic E-state index is 5.90. The van der Waals surface area contributed by atoms with Crippen molar-refractivity contribution in [3.8, 4) is 0 Å². The van der Waals surface area contributed by atoms with Gasteiger partial charge in [-0.3, -0.25) is 0 Å². The van der Waals surface area contributed by atoms with Gasteiger partial charge in [-0.25, -0.2) is 0 Å². The summed E-state index contributed by atoms with van der Waals surface area (Å²) < 4.78 is 0. The van der Waals surface area contributed by atoms with Gasteiger partial charge in [0.15, 0.2) is 0 Å². The third-order valence-electron chi connectivity index (χ3n) is 4.86. The molecule has 2 N–H and O–H groups in total. The van der Waals surface area contributed by atoms with E-state index in [4.69, 9.17) is 5.73 Å². The first-order valence-electron chi connectivity index (χ1n) is 7.55. The van der Waals surface area contributed by atoms with Crippen LogP contribution in [0.2, 0.25) is 0 Å². The Labute approximate surface area is 108 Å². The summed E-state index contributed by atoms with van der Waals surface area (Å²) in [5, 5.41) is 0. The summed E-state index contributed by atoms with van der Waals surface area (Å²) in [7, 11) is 2.33. The van der Waals surface area contributed by atoms with Crippen molar-refractivity contribution in [2.75, 3.05) is 13.6 Å². The van der Waals surface area contributed by atoms with Crippen LogP contribution in [0.1, 0.15) is 59.3 Å². The average Bonchev–Trinajstić information content (AvgIpc) is 2.82. The second-order valence-electron chi connectivity index (χ2n) is 5.97. The molecule has 0 saturated heterocycles. The lowest BCUT2D eigenvalue weighted by molar-refractivity contribution is 0.120. The molecule has 17 heavy (non-hydrogen) atoms. The molecule has 1 aliphatic carbocycles. The fraction of sp³-hybridized carbons (Fsp3) is 1.00. The van der Waals surface area contributed by atoms with Crippen LogP contribution in [0.15, 0.2) is 0 Å². The maximum Gasteiger partial charge on any atom is 0.0135 e. The minimum Gasteiger partial charge on any atom is -0.330 e. The quantitative estimate of drug-likeness (QED) is 0.740. The fourth-order valence-corrected chi connectivity index (χ4v) is 3.35. The van der Waals surface area contributed by atoms with E-state index >= 15 is 0 Å². The monoisotopic (exact) mass is 240 g/mol. The van der Waals surface area contributed by atoms with Gasteiger partial charge in [0.05, 0.1) is 0 Å². The summed E-state index contributed by atoms with van der Waals surface area (Å²) in [6.45, 7) is 7.88. The average molecular weight is 240 g/mol. The second-order valence-corrected chi connectivity index (χ2v) is 5.97. The smallest absolute Gasteiger partial charge is 0.0135 e. The van der Waals surface area contributed by atoms with E-state index in [0.717, 1.165) is 30.5 Å². The second kappa shape index (κ2) is 7.38. The van der Waals surface area contributed by atoms with Gasteiger partial charge < -0.3 is 10.6 Å². The van der Waals surface area contributed by atoms with Crippen molar-refractivity contribution in [1.82, 2.24) is 4.90 Å². The van der Waals surface area contributed by atoms with Crippen LogP contribution < -0.4 is 5.73 Å². The zero-order chi connectivity index (χ0) is 12.8. The molecule has 0 amide bonds. The molecule has 2 nitrogen and oxygen atoms in total. The van der Waals surface area contributed by atoms with E-state index in [1.54, 1.807) is 0 Å². The molecule has 0 radical (unpaired) electrons. The Hall–Kier alpha value is -0.0800. The zero-order valence-electron chi connectivity index (χ0n) is 12.3. The molecular formula is C15H32N2. The minimum atomic E-state index is 0.742. The van der Waals surface area contributed by atoms with E-state index in [9.17, 15) is 0 Å². The minimum absolute atomic E-state index is 0.742. The molecule has 1 rings (SSSR count). The van der Waals surface area contributed by atoms with Gasteiger partial charge in [-0.2, -0.15) is 0 Å². The molecular weight excluding hydrogens is 208 g/mol. The first-order chi connectivity index (χ1) is 8.13. The number of hydrogen-bond acceptors (Lipinski definition) is 2. The van der Waals surface area contributed by atoms with Gasteiger partial charge in [-0.1, -0.05) is 33.6 Å². The van der Waals surface area contributed by atoms with Gasteiger partial charge >= 0.3 is 0 Å². The van der Waals surface area contributed by atoms with Crippen molar-refractivity contribution < 1.29 is 0 Å². The number of nitrogens with zero attached hydrogens (tertiary/aromatic N) is 1. The molecule has 1 saturated carbocycles. The topological polar surface area (TPSA) is 29.3 Å². The van der Waals surface area contributed by atoms with Crippen LogP contribution >= 0.6 is 0 Å². The fourth-order valence-electron chi connectivity index (χ4n) is 3.35. The standard InChI is InChI=1S/C15H32N2/c1-5-12(3)10-14(6-2)17(4)15-9-7-8-13(15)11-16/h12-15H,5-11,16H2,1-4H3. The highest BCUT2D eigenvalue weighted by Crippen LogP contribution is 2.31. The molecule has 1 fully saturated rings. The van der Waals surface area contributed by atoms with Crippen LogP contribution in [0.3, 0.4) is 0 Å². The Kier molecular flexibility index (Phi) is 6.50. The lowest BCUT2D eigenvalue weighted by Crippen LogP contribution is -2.44. The van der Waals surface area contributed by atoms with E-state index in [0.29, 0.717) is 0 Å². The number of nitrogens with two attached hydrogens (primary N) is 1. The summed E-state index contributed by atoms with van der Waals surface area (Å²) in [6, 6.07) is 1.50. The first kappa shape index (κ1) is 15.0. The summed E-state index contributed by atoms with van der Waals surface area (Å²) in [6.07, 6.45) is 7.98. The SMILES string of the molecule is CCC(C)CC(CC)N(C)C1CCCC1CN. The zero-order valence-corrected chi connectivity index (χ0v) is 12.3. The van der Waals surface area contributed by atoms with E-state index in [1.165, 1.54) is 38.5 Å². The molecule has 0 aromatic carbocycles. The molecule has 0 bridgehead atoms. The summed E-state index contributed by atoms with van der Waals surface area (Å²) >= 11 is 0. The highest BCUT2D eigenvalue weighted by molar-refractivity contribution is 4.87. The third-order valence-corrected chi connectivity index (χ3v) is 4.86. The highest BCUT2D eigenvalue weighted by atomic mass is 15.2. The van der Waals surface area contributed by atoms with Gasteiger partial charge in [0.25, 0.3) is 0 Å². The molecule has 0 aromatic heterocycles. The molecule has 102 valence electrons. The lowest BCUT2D eigenvalue weighted by Gasteiger charge is -2.36. The highest BCUT2D eigenvalue weighted by Gasteiger charge is 2.32. The number of rotatable bonds is 7. The number of hydrogen-bond donors (Lipinski definition) is 1. The molecule has 0 spiro atoms. The van der Waals surface area contributed by atoms with Gasteiger partial charge in [0, 0.05) is 12.1 Å². The maximum atomic E-state index is 5.90. The van der Waals surface area contributed by atoms with Crippen LogP contribution in [0.4, 0.5) is 0 Å². The molecule has 4 atom stereocenters. The Morgan fingerprint density at radius 2 is 1.94 bits per heavy atom. The van der Waals surface area contributed by atoms with Gasteiger partial charge in [-0.15, -0.1) is 0 Å². The van der Waals surface area contributed by atoms with Gasteiger partial charge in [0.2, 0.25) is 0 Å². The predicted molar refractivity (Wildman–Crippen MR) is 76.1 cm³/mol. The van der Waals surface area contributed by atoms with Gasteiger partial charge in [0.1, 0.15) is 0 Å². The molecule has 0 heterocycles. The molecule has 2 heteroatoms. The summed E-state index contributed by atoms with van der Waals surface area (Å²) in [4.78, 5) is 2.65. The van der Waals surface area contributed by atoms with Crippen LogP contribution in [0.5, 0.6) is 0 Å².